The number of ether oxygens (including phenoxy) is 2. The van der Waals surface area contributed by atoms with Crippen LogP contribution in [0, 0.1) is 0 Å². The maximum Gasteiger partial charge on any atom is 0.339 e. The molecule has 0 aromatic heterocycles. The van der Waals surface area contributed by atoms with Gasteiger partial charge in [0.05, 0.1) is 7.11 Å². The van der Waals surface area contributed by atoms with E-state index in [9.17, 15) is 9.59 Å². The molecule has 0 amide bonds. The SMILES string of the molecule is COc1cccc(C(=O)O)c1OC(C)=O. The van der Waals surface area contributed by atoms with Gasteiger partial charge >= 0.3 is 11.9 Å². The molecular formula is C10H10O5. The van der Waals surface area contributed by atoms with Gasteiger partial charge in [-0.15, -0.1) is 0 Å². The monoisotopic (exact) mass is 210 g/mol. The first-order chi connectivity index (χ1) is 7.06. The molecule has 0 unspecified atom stereocenters. The third-order valence-corrected chi connectivity index (χ3v) is 1.68. The summed E-state index contributed by atoms with van der Waals surface area (Å²) in [5, 5.41) is 8.85. The van der Waals surface area contributed by atoms with Crippen LogP contribution in [0.5, 0.6) is 11.5 Å². The number of rotatable bonds is 3. The van der Waals surface area contributed by atoms with E-state index in [0.717, 1.165) is 0 Å². The van der Waals surface area contributed by atoms with Gasteiger partial charge in [-0.05, 0) is 12.1 Å². The first-order valence-corrected chi connectivity index (χ1v) is 4.15. The number of carboxylic acid groups (broad SMARTS) is 1. The lowest BCUT2D eigenvalue weighted by molar-refractivity contribution is -0.132. The van der Waals surface area contributed by atoms with Gasteiger partial charge in [0.2, 0.25) is 0 Å². The van der Waals surface area contributed by atoms with E-state index >= 15 is 0 Å². The quantitative estimate of drug-likeness (QED) is 0.601. The van der Waals surface area contributed by atoms with E-state index in [-0.39, 0.29) is 17.1 Å². The number of carboxylic acids is 1. The molecule has 0 bridgehead atoms. The Morgan fingerprint density at radius 2 is 2.00 bits per heavy atom. The first kappa shape index (κ1) is 11.0. The summed E-state index contributed by atoms with van der Waals surface area (Å²) >= 11 is 0. The van der Waals surface area contributed by atoms with Crippen molar-refractivity contribution in [3.63, 3.8) is 0 Å². The van der Waals surface area contributed by atoms with Crippen LogP contribution in [-0.2, 0) is 4.79 Å². The van der Waals surface area contributed by atoms with Crippen LogP contribution in [0.25, 0.3) is 0 Å². The van der Waals surface area contributed by atoms with Crippen molar-refractivity contribution in [2.24, 2.45) is 0 Å². The Labute approximate surface area is 86.2 Å². The van der Waals surface area contributed by atoms with Gasteiger partial charge in [-0.2, -0.15) is 0 Å². The minimum absolute atomic E-state index is 0.0694. The molecule has 5 nitrogen and oxygen atoms in total. The van der Waals surface area contributed by atoms with Crippen molar-refractivity contribution >= 4 is 11.9 Å². The molecule has 1 N–H and O–H groups in total. The van der Waals surface area contributed by atoms with Crippen molar-refractivity contribution < 1.29 is 24.2 Å². The molecular weight excluding hydrogens is 200 g/mol. The Hall–Kier alpha value is -2.04. The molecule has 0 spiro atoms. The molecule has 0 aliphatic rings. The Morgan fingerprint density at radius 3 is 2.47 bits per heavy atom. The summed E-state index contributed by atoms with van der Waals surface area (Å²) in [6.45, 7) is 1.19. The largest absolute Gasteiger partial charge is 0.493 e. The summed E-state index contributed by atoms with van der Waals surface area (Å²) in [6, 6.07) is 4.36. The van der Waals surface area contributed by atoms with Crippen LogP contribution >= 0.6 is 0 Å². The molecule has 0 saturated carbocycles. The average Bonchev–Trinajstić information content (AvgIpc) is 2.16. The maximum atomic E-state index is 10.8. The van der Waals surface area contributed by atoms with Crippen LogP contribution in [0.3, 0.4) is 0 Å². The zero-order chi connectivity index (χ0) is 11.4. The topological polar surface area (TPSA) is 72.8 Å². The van der Waals surface area contributed by atoms with E-state index in [0.29, 0.717) is 0 Å². The van der Waals surface area contributed by atoms with Gasteiger partial charge in [0, 0.05) is 6.92 Å². The maximum absolute atomic E-state index is 10.8. The Balaban J connectivity index is 3.26. The Kier molecular flexibility index (Phi) is 3.28. The molecule has 1 rings (SSSR count). The summed E-state index contributed by atoms with van der Waals surface area (Å²) < 4.78 is 9.68. The third kappa shape index (κ3) is 2.46. The molecule has 1 aromatic carbocycles. The minimum atomic E-state index is -1.18. The molecule has 0 fully saturated rings. The van der Waals surface area contributed by atoms with Gasteiger partial charge in [-0.3, -0.25) is 4.79 Å². The average molecular weight is 210 g/mol. The Morgan fingerprint density at radius 1 is 1.33 bits per heavy atom. The van der Waals surface area contributed by atoms with E-state index in [1.807, 2.05) is 0 Å². The number of carbonyl (C=O) groups excluding carboxylic acids is 1. The molecule has 80 valence electrons. The summed E-state index contributed by atoms with van der Waals surface area (Å²) in [5.74, 6) is -1.63. The number of carbonyl (C=O) groups is 2. The zero-order valence-corrected chi connectivity index (χ0v) is 8.31. The van der Waals surface area contributed by atoms with Crippen LogP contribution in [0.2, 0.25) is 0 Å². The van der Waals surface area contributed by atoms with E-state index < -0.39 is 11.9 Å². The molecule has 0 radical (unpaired) electrons. The minimum Gasteiger partial charge on any atom is -0.493 e. The van der Waals surface area contributed by atoms with Gasteiger partial charge in [0.15, 0.2) is 11.5 Å². The predicted molar refractivity (Wildman–Crippen MR) is 51.3 cm³/mol. The molecule has 0 aliphatic heterocycles. The number of hydrogen-bond acceptors (Lipinski definition) is 4. The first-order valence-electron chi connectivity index (χ1n) is 4.15. The lowest BCUT2D eigenvalue weighted by Crippen LogP contribution is -2.08. The van der Waals surface area contributed by atoms with E-state index in [1.165, 1.54) is 32.2 Å². The number of para-hydroxylation sites is 1. The number of methoxy groups -OCH3 is 1. The van der Waals surface area contributed by atoms with Crippen LogP contribution in [-0.4, -0.2) is 24.2 Å². The summed E-state index contributed by atoms with van der Waals surface area (Å²) in [6.07, 6.45) is 0. The van der Waals surface area contributed by atoms with Crippen molar-refractivity contribution in [3.8, 4) is 11.5 Å². The normalized spacial score (nSPS) is 9.47. The lowest BCUT2D eigenvalue weighted by Gasteiger charge is -2.09. The third-order valence-electron chi connectivity index (χ3n) is 1.68. The van der Waals surface area contributed by atoms with E-state index in [1.54, 1.807) is 0 Å². The molecule has 0 atom stereocenters. The van der Waals surface area contributed by atoms with Gasteiger partial charge in [-0.1, -0.05) is 6.07 Å². The van der Waals surface area contributed by atoms with Crippen molar-refractivity contribution in [2.45, 2.75) is 6.92 Å². The second-order valence-corrected chi connectivity index (χ2v) is 2.74. The van der Waals surface area contributed by atoms with Gasteiger partial charge in [-0.25, -0.2) is 4.79 Å². The molecule has 0 heterocycles. The van der Waals surface area contributed by atoms with Crippen LogP contribution in [0.15, 0.2) is 18.2 Å². The van der Waals surface area contributed by atoms with Crippen LogP contribution < -0.4 is 9.47 Å². The Bertz CT molecular complexity index is 397. The zero-order valence-electron chi connectivity index (χ0n) is 8.31. The van der Waals surface area contributed by atoms with Crippen molar-refractivity contribution in [1.82, 2.24) is 0 Å². The van der Waals surface area contributed by atoms with E-state index in [4.69, 9.17) is 14.6 Å². The molecule has 0 saturated heterocycles. The fourth-order valence-electron chi connectivity index (χ4n) is 1.09. The fraction of sp³-hybridized carbons (Fsp3) is 0.200. The number of aromatic carboxylic acids is 1. The molecule has 0 aliphatic carbocycles. The highest BCUT2D eigenvalue weighted by molar-refractivity contribution is 5.93. The highest BCUT2D eigenvalue weighted by Gasteiger charge is 2.17. The van der Waals surface area contributed by atoms with Crippen LogP contribution in [0.4, 0.5) is 0 Å². The molecule has 15 heavy (non-hydrogen) atoms. The van der Waals surface area contributed by atoms with Crippen molar-refractivity contribution in [3.05, 3.63) is 23.8 Å². The second kappa shape index (κ2) is 4.45. The van der Waals surface area contributed by atoms with Crippen molar-refractivity contribution in [1.29, 1.82) is 0 Å². The highest BCUT2D eigenvalue weighted by atomic mass is 16.6. The summed E-state index contributed by atoms with van der Waals surface area (Å²) in [5.41, 5.74) is -0.107. The number of benzene rings is 1. The van der Waals surface area contributed by atoms with Gasteiger partial charge < -0.3 is 14.6 Å². The van der Waals surface area contributed by atoms with Gasteiger partial charge in [0.1, 0.15) is 5.56 Å². The molecule has 1 aromatic rings. The highest BCUT2D eigenvalue weighted by Crippen LogP contribution is 2.31. The lowest BCUT2D eigenvalue weighted by atomic mass is 10.2. The number of esters is 1. The second-order valence-electron chi connectivity index (χ2n) is 2.74. The smallest absolute Gasteiger partial charge is 0.339 e. The summed E-state index contributed by atoms with van der Waals surface area (Å²) in [7, 11) is 1.37. The number of hydrogen-bond donors (Lipinski definition) is 1. The molecule has 5 heteroatoms. The fourth-order valence-corrected chi connectivity index (χ4v) is 1.09. The van der Waals surface area contributed by atoms with E-state index in [2.05, 4.69) is 0 Å². The standard InChI is InChI=1S/C10H10O5/c1-6(11)15-9-7(10(12)13)4-3-5-8(9)14-2/h3-5H,1-2H3,(H,12,13). The van der Waals surface area contributed by atoms with Crippen LogP contribution in [0.1, 0.15) is 17.3 Å². The summed E-state index contributed by atoms with van der Waals surface area (Å²) in [4.78, 5) is 21.6. The predicted octanol–water partition coefficient (Wildman–Crippen LogP) is 1.32. The van der Waals surface area contributed by atoms with Crippen molar-refractivity contribution in [2.75, 3.05) is 7.11 Å². The van der Waals surface area contributed by atoms with Gasteiger partial charge in [0.25, 0.3) is 0 Å².